The molecule has 3 unspecified atom stereocenters. The second kappa shape index (κ2) is 11.7. The fourth-order valence-electron chi connectivity index (χ4n) is 5.57. The fraction of sp³-hybridized carbons (Fsp3) is 0.333. The summed E-state index contributed by atoms with van der Waals surface area (Å²) in [4.78, 5) is 45.4. The zero-order valence-corrected chi connectivity index (χ0v) is 23.1. The van der Waals surface area contributed by atoms with E-state index in [1.54, 1.807) is 30.3 Å². The fourth-order valence-corrected chi connectivity index (χ4v) is 7.24. The molecule has 2 saturated heterocycles. The lowest BCUT2D eigenvalue weighted by Gasteiger charge is -2.28. The van der Waals surface area contributed by atoms with Crippen LogP contribution in [0, 0.1) is 0 Å². The van der Waals surface area contributed by atoms with Crippen molar-refractivity contribution in [1.82, 2.24) is 19.5 Å². The number of carbonyl (C=O) groups excluding carboxylic acids is 3. The van der Waals surface area contributed by atoms with E-state index < -0.39 is 28.1 Å². The Morgan fingerprint density at radius 3 is 2.38 bits per heavy atom. The van der Waals surface area contributed by atoms with Gasteiger partial charge in [0.05, 0.1) is 18.3 Å². The molecule has 2 aliphatic rings. The van der Waals surface area contributed by atoms with Crippen molar-refractivity contribution in [3.63, 3.8) is 0 Å². The second-order valence-corrected chi connectivity index (χ2v) is 12.1. The summed E-state index contributed by atoms with van der Waals surface area (Å²) in [6.45, 7) is 1.89. The van der Waals surface area contributed by atoms with Crippen LogP contribution in [-0.4, -0.2) is 71.4 Å². The normalized spacial score (nSPS) is 19.8. The van der Waals surface area contributed by atoms with E-state index >= 15 is 0 Å². The number of carbonyl (C=O) groups is 3. The van der Waals surface area contributed by atoms with Gasteiger partial charge in [0.1, 0.15) is 17.8 Å². The molecule has 3 aromatic rings. The molecule has 1 N–H and O–H groups in total. The van der Waals surface area contributed by atoms with Crippen LogP contribution in [0.1, 0.15) is 42.2 Å². The van der Waals surface area contributed by atoms with E-state index in [1.165, 1.54) is 15.4 Å². The molecule has 0 aliphatic carbocycles. The largest absolute Gasteiger partial charge is 0.340 e. The number of hydrogen-bond donors (Lipinski definition) is 1. The van der Waals surface area contributed by atoms with Crippen molar-refractivity contribution < 1.29 is 22.8 Å². The van der Waals surface area contributed by atoms with Gasteiger partial charge >= 0.3 is 0 Å². The van der Waals surface area contributed by atoms with Gasteiger partial charge in [0.2, 0.25) is 15.9 Å². The van der Waals surface area contributed by atoms with E-state index in [1.807, 2.05) is 49.4 Å². The molecule has 2 aromatic carbocycles. The maximum absolute atomic E-state index is 13.7. The molecule has 10 heteroatoms. The van der Waals surface area contributed by atoms with Crippen molar-refractivity contribution in [2.75, 3.05) is 13.1 Å². The van der Waals surface area contributed by atoms with Gasteiger partial charge in [0.25, 0.3) is 5.91 Å². The van der Waals surface area contributed by atoms with Crippen LogP contribution in [0.15, 0.2) is 79.0 Å². The van der Waals surface area contributed by atoms with Gasteiger partial charge in [0.15, 0.2) is 5.78 Å². The molecular formula is C30H32N4O5S. The Morgan fingerprint density at radius 2 is 1.70 bits per heavy atom. The van der Waals surface area contributed by atoms with Crippen molar-refractivity contribution in [2.45, 2.75) is 50.1 Å². The quantitative estimate of drug-likeness (QED) is 0.430. The van der Waals surface area contributed by atoms with Crippen LogP contribution in [0.25, 0.3) is 11.1 Å². The molecule has 2 amide bonds. The Hall–Kier alpha value is -3.89. The molecule has 0 saturated carbocycles. The Kier molecular flexibility index (Phi) is 8.09. The summed E-state index contributed by atoms with van der Waals surface area (Å²) in [6, 6.07) is 19.7. The lowest BCUT2D eigenvalue weighted by atomic mass is 10.0. The molecule has 208 valence electrons. The average molecular weight is 561 g/mol. The number of nitrogens with one attached hydrogen (secondary N) is 1. The highest BCUT2D eigenvalue weighted by molar-refractivity contribution is 7.88. The SMILES string of the molecule is CCCC(NC(=O)c1ccc(-c2ccccc2)cc1)C(=O)N1CCC2C1C(=O)CN2S(=O)(=O)Cc1ccccn1. The van der Waals surface area contributed by atoms with Gasteiger partial charge in [-0.2, -0.15) is 4.31 Å². The number of Topliss-reactive ketones (excluding diaryl/α,β-unsaturated/α-hetero) is 1. The smallest absolute Gasteiger partial charge is 0.251 e. The van der Waals surface area contributed by atoms with Gasteiger partial charge in [-0.25, -0.2) is 8.42 Å². The Balaban J connectivity index is 1.28. The van der Waals surface area contributed by atoms with E-state index in [0.717, 1.165) is 11.1 Å². The number of rotatable bonds is 9. The summed E-state index contributed by atoms with van der Waals surface area (Å²) in [5, 5.41) is 2.86. The van der Waals surface area contributed by atoms with E-state index in [9.17, 15) is 22.8 Å². The third kappa shape index (κ3) is 5.68. The molecule has 0 bridgehead atoms. The zero-order valence-electron chi connectivity index (χ0n) is 22.3. The Labute approximate surface area is 234 Å². The molecule has 5 rings (SSSR count). The first-order valence-corrected chi connectivity index (χ1v) is 15.1. The monoisotopic (exact) mass is 560 g/mol. The summed E-state index contributed by atoms with van der Waals surface area (Å²) in [5.74, 6) is -1.35. The average Bonchev–Trinajstić information content (AvgIpc) is 3.55. The molecule has 2 aliphatic heterocycles. The number of sulfonamides is 1. The standard InChI is InChI=1S/C30H32N4O5S/c1-2-8-25(32-29(36)23-14-12-22(13-15-23)21-9-4-3-5-10-21)30(37)33-18-16-26-28(33)27(35)19-34(26)40(38,39)20-24-11-6-7-17-31-24/h3-7,9-15,17,25-26,28H,2,8,16,18-20H2,1H3,(H,32,36). The van der Waals surface area contributed by atoms with Gasteiger partial charge in [-0.15, -0.1) is 0 Å². The van der Waals surface area contributed by atoms with Crippen LogP contribution in [0.4, 0.5) is 0 Å². The van der Waals surface area contributed by atoms with Crippen molar-refractivity contribution in [2.24, 2.45) is 0 Å². The number of aromatic nitrogens is 1. The third-order valence-electron chi connectivity index (χ3n) is 7.51. The lowest BCUT2D eigenvalue weighted by Crippen LogP contribution is -2.52. The highest BCUT2D eigenvalue weighted by atomic mass is 32.2. The number of benzene rings is 2. The van der Waals surface area contributed by atoms with Crippen LogP contribution in [0.5, 0.6) is 0 Å². The van der Waals surface area contributed by atoms with E-state index in [-0.39, 0.29) is 36.4 Å². The lowest BCUT2D eigenvalue weighted by molar-refractivity contribution is -0.138. The topological polar surface area (TPSA) is 117 Å². The molecule has 0 spiro atoms. The number of fused-ring (bicyclic) bond motifs is 1. The summed E-state index contributed by atoms with van der Waals surface area (Å²) >= 11 is 0. The van der Waals surface area contributed by atoms with Crippen LogP contribution < -0.4 is 5.32 Å². The minimum Gasteiger partial charge on any atom is -0.340 e. The zero-order chi connectivity index (χ0) is 28.3. The van der Waals surface area contributed by atoms with Crippen LogP contribution in [0.3, 0.4) is 0 Å². The number of hydrogen-bond acceptors (Lipinski definition) is 6. The van der Waals surface area contributed by atoms with E-state index in [4.69, 9.17) is 0 Å². The first-order chi connectivity index (χ1) is 19.3. The summed E-state index contributed by atoms with van der Waals surface area (Å²) in [6.07, 6.45) is 2.93. The minimum absolute atomic E-state index is 0.247. The maximum Gasteiger partial charge on any atom is 0.251 e. The molecular weight excluding hydrogens is 528 g/mol. The predicted molar refractivity (Wildman–Crippen MR) is 151 cm³/mol. The number of ketones is 1. The molecule has 0 radical (unpaired) electrons. The van der Waals surface area contributed by atoms with E-state index in [0.29, 0.717) is 30.5 Å². The van der Waals surface area contributed by atoms with Crippen molar-refractivity contribution in [3.8, 4) is 11.1 Å². The van der Waals surface area contributed by atoms with Crippen molar-refractivity contribution in [1.29, 1.82) is 0 Å². The molecule has 9 nitrogen and oxygen atoms in total. The Morgan fingerprint density at radius 1 is 1.00 bits per heavy atom. The molecule has 2 fully saturated rings. The summed E-state index contributed by atoms with van der Waals surface area (Å²) in [5.41, 5.74) is 2.83. The number of pyridine rings is 1. The molecule has 1 aromatic heterocycles. The highest BCUT2D eigenvalue weighted by Gasteiger charge is 2.54. The molecule has 40 heavy (non-hydrogen) atoms. The van der Waals surface area contributed by atoms with Gasteiger partial charge in [-0.05, 0) is 48.2 Å². The van der Waals surface area contributed by atoms with Crippen LogP contribution in [-0.2, 0) is 25.4 Å². The van der Waals surface area contributed by atoms with Crippen LogP contribution in [0.2, 0.25) is 0 Å². The predicted octanol–water partition coefficient (Wildman–Crippen LogP) is 3.03. The van der Waals surface area contributed by atoms with Crippen LogP contribution >= 0.6 is 0 Å². The maximum atomic E-state index is 13.7. The molecule has 3 heterocycles. The first kappa shape index (κ1) is 27.7. The minimum atomic E-state index is -3.82. The van der Waals surface area contributed by atoms with Gasteiger partial charge < -0.3 is 10.2 Å². The van der Waals surface area contributed by atoms with Gasteiger partial charge in [-0.1, -0.05) is 61.9 Å². The second-order valence-electron chi connectivity index (χ2n) is 10.2. The van der Waals surface area contributed by atoms with Crippen molar-refractivity contribution >= 4 is 27.6 Å². The number of nitrogens with zero attached hydrogens (tertiary/aromatic N) is 3. The van der Waals surface area contributed by atoms with Crippen molar-refractivity contribution in [3.05, 3.63) is 90.3 Å². The summed E-state index contributed by atoms with van der Waals surface area (Å²) < 4.78 is 27.6. The number of amides is 2. The molecule has 3 atom stereocenters. The van der Waals surface area contributed by atoms with Gasteiger partial charge in [-0.3, -0.25) is 19.4 Å². The number of likely N-dealkylation sites (tertiary alicyclic amines) is 1. The Bertz CT molecular complexity index is 1480. The van der Waals surface area contributed by atoms with Gasteiger partial charge in [0, 0.05) is 18.3 Å². The third-order valence-corrected chi connectivity index (χ3v) is 9.28. The van der Waals surface area contributed by atoms with E-state index in [2.05, 4.69) is 10.3 Å². The summed E-state index contributed by atoms with van der Waals surface area (Å²) in [7, 11) is -3.82. The highest BCUT2D eigenvalue weighted by Crippen LogP contribution is 2.33. The first-order valence-electron chi connectivity index (χ1n) is 13.5.